The summed E-state index contributed by atoms with van der Waals surface area (Å²) in [6.45, 7) is 6.05. The van der Waals surface area contributed by atoms with Crippen LogP contribution in [-0.4, -0.2) is 67.9 Å². The highest BCUT2D eigenvalue weighted by Crippen LogP contribution is 2.41. The van der Waals surface area contributed by atoms with Crippen LogP contribution >= 0.6 is 0 Å². The second kappa shape index (κ2) is 6.60. The minimum absolute atomic E-state index is 0.0285. The first kappa shape index (κ1) is 15.7. The minimum atomic E-state index is 0.0285. The van der Waals surface area contributed by atoms with Gasteiger partial charge in [0.25, 0.3) is 0 Å². The van der Waals surface area contributed by atoms with Gasteiger partial charge in [-0.05, 0) is 50.9 Å². The van der Waals surface area contributed by atoms with Crippen molar-refractivity contribution in [2.75, 3.05) is 46.0 Å². The zero-order valence-corrected chi connectivity index (χ0v) is 14.2. The molecule has 0 N–H and O–H groups in total. The molecule has 5 heteroatoms. The van der Waals surface area contributed by atoms with Gasteiger partial charge in [-0.2, -0.15) is 0 Å². The quantitative estimate of drug-likeness (QED) is 0.798. The molecule has 3 saturated heterocycles. The third kappa shape index (κ3) is 3.36. The van der Waals surface area contributed by atoms with Crippen molar-refractivity contribution in [3.63, 3.8) is 0 Å². The van der Waals surface area contributed by atoms with E-state index in [9.17, 15) is 4.79 Å². The number of rotatable bonds is 4. The molecule has 0 spiro atoms. The van der Waals surface area contributed by atoms with Crippen LogP contribution in [0.15, 0.2) is 0 Å². The van der Waals surface area contributed by atoms with E-state index in [2.05, 4.69) is 4.90 Å². The maximum absolute atomic E-state index is 12.8. The molecule has 4 rings (SSSR count). The van der Waals surface area contributed by atoms with Gasteiger partial charge in [0.15, 0.2) is 0 Å². The van der Waals surface area contributed by atoms with Gasteiger partial charge in [-0.1, -0.05) is 0 Å². The van der Waals surface area contributed by atoms with Gasteiger partial charge in [0.2, 0.25) is 0 Å². The van der Waals surface area contributed by atoms with Gasteiger partial charge >= 0.3 is 6.03 Å². The maximum Gasteiger partial charge on any atom is 0.320 e. The van der Waals surface area contributed by atoms with Crippen LogP contribution in [0.3, 0.4) is 0 Å². The average Bonchev–Trinajstić information content (AvgIpc) is 3.24. The summed E-state index contributed by atoms with van der Waals surface area (Å²) in [6.07, 6.45) is 8.42. The third-order valence-corrected chi connectivity index (χ3v) is 6.08. The Hall–Kier alpha value is -0.810. The Labute approximate surface area is 139 Å². The highest BCUT2D eigenvalue weighted by molar-refractivity contribution is 5.75. The molecule has 3 heterocycles. The number of carbonyl (C=O) groups is 1. The van der Waals surface area contributed by atoms with Crippen molar-refractivity contribution in [3.05, 3.63) is 0 Å². The Morgan fingerprint density at radius 3 is 2.70 bits per heavy atom. The van der Waals surface area contributed by atoms with Gasteiger partial charge in [0.1, 0.15) is 0 Å². The molecule has 0 aromatic heterocycles. The van der Waals surface area contributed by atoms with E-state index in [0.29, 0.717) is 0 Å². The topological polar surface area (TPSA) is 42.0 Å². The first-order chi connectivity index (χ1) is 11.3. The predicted octanol–water partition coefficient (Wildman–Crippen LogP) is 2.50. The Kier molecular flexibility index (Phi) is 4.50. The molecule has 0 bridgehead atoms. The lowest BCUT2D eigenvalue weighted by Crippen LogP contribution is -2.59. The van der Waals surface area contributed by atoms with E-state index in [0.717, 1.165) is 84.0 Å². The molecular weight excluding hydrogens is 292 g/mol. The van der Waals surface area contributed by atoms with Crippen LogP contribution < -0.4 is 0 Å². The summed E-state index contributed by atoms with van der Waals surface area (Å²) in [5.74, 6) is 0.792. The average molecular weight is 322 g/mol. The Bertz CT molecular complexity index is 434. The molecule has 5 nitrogen and oxygen atoms in total. The number of hydrogen-bond donors (Lipinski definition) is 0. The number of amides is 2. The summed E-state index contributed by atoms with van der Waals surface area (Å²) in [6, 6.07) is 0.244. The van der Waals surface area contributed by atoms with Gasteiger partial charge in [-0.15, -0.1) is 0 Å². The summed E-state index contributed by atoms with van der Waals surface area (Å²) >= 11 is 0. The first-order valence-corrected chi connectivity index (χ1v) is 9.50. The number of piperidine rings is 1. The van der Waals surface area contributed by atoms with Crippen LogP contribution in [0.2, 0.25) is 0 Å². The van der Waals surface area contributed by atoms with E-state index in [-0.39, 0.29) is 17.6 Å². The summed E-state index contributed by atoms with van der Waals surface area (Å²) < 4.78 is 12.2. The molecule has 0 radical (unpaired) electrons. The lowest BCUT2D eigenvalue weighted by Gasteiger charge is -2.50. The van der Waals surface area contributed by atoms with Crippen molar-refractivity contribution in [2.45, 2.75) is 51.0 Å². The largest absolute Gasteiger partial charge is 0.380 e. The molecular formula is C18H30N2O3. The van der Waals surface area contributed by atoms with Gasteiger partial charge in [-0.3, -0.25) is 0 Å². The number of carbonyl (C=O) groups excluding carboxylic acids is 1. The Balaban J connectivity index is 1.41. The molecule has 2 amide bonds. The van der Waals surface area contributed by atoms with Crippen LogP contribution in [-0.2, 0) is 9.47 Å². The molecule has 2 atom stereocenters. The number of urea groups is 1. The molecule has 3 aliphatic heterocycles. The number of likely N-dealkylation sites (tertiary alicyclic amines) is 2. The van der Waals surface area contributed by atoms with Crippen LogP contribution in [0.4, 0.5) is 4.79 Å². The van der Waals surface area contributed by atoms with Gasteiger partial charge in [-0.25, -0.2) is 4.79 Å². The number of hydrogen-bond acceptors (Lipinski definition) is 3. The van der Waals surface area contributed by atoms with E-state index in [4.69, 9.17) is 9.47 Å². The van der Waals surface area contributed by atoms with Crippen LogP contribution in [0.25, 0.3) is 0 Å². The number of ether oxygens (including phenoxy) is 2. The zero-order valence-electron chi connectivity index (χ0n) is 14.2. The first-order valence-electron chi connectivity index (χ1n) is 9.50. The Morgan fingerprint density at radius 2 is 1.91 bits per heavy atom. The minimum Gasteiger partial charge on any atom is -0.380 e. The summed E-state index contributed by atoms with van der Waals surface area (Å²) in [5, 5.41) is 0. The standard InChI is InChI=1S/C18H30N2O3/c21-17(19-8-1-2-9-19)20-10-6-16-18(13-20,7-3-11-23-16)14-22-12-15-4-5-15/h15-16H,1-14H2/t16-,18+/m0/s1. The predicted molar refractivity (Wildman–Crippen MR) is 87.3 cm³/mol. The van der Waals surface area contributed by atoms with Crippen molar-refractivity contribution >= 4 is 6.03 Å². The lowest BCUT2D eigenvalue weighted by atomic mass is 9.73. The Morgan fingerprint density at radius 1 is 1.09 bits per heavy atom. The van der Waals surface area contributed by atoms with Crippen molar-refractivity contribution < 1.29 is 14.3 Å². The summed E-state index contributed by atoms with van der Waals surface area (Å²) in [7, 11) is 0. The van der Waals surface area contributed by atoms with Crippen molar-refractivity contribution in [3.8, 4) is 0 Å². The maximum atomic E-state index is 12.8. The van der Waals surface area contributed by atoms with E-state index in [1.165, 1.54) is 12.8 Å². The molecule has 1 aliphatic carbocycles. The van der Waals surface area contributed by atoms with Gasteiger partial charge in [0.05, 0.1) is 12.7 Å². The van der Waals surface area contributed by atoms with E-state index in [1.807, 2.05) is 4.90 Å². The van der Waals surface area contributed by atoms with Crippen molar-refractivity contribution in [1.29, 1.82) is 0 Å². The van der Waals surface area contributed by atoms with Crippen molar-refractivity contribution in [2.24, 2.45) is 11.3 Å². The monoisotopic (exact) mass is 322 g/mol. The van der Waals surface area contributed by atoms with Gasteiger partial charge in [0, 0.05) is 44.8 Å². The molecule has 0 aromatic rings. The molecule has 4 aliphatic rings. The van der Waals surface area contributed by atoms with E-state index < -0.39 is 0 Å². The van der Waals surface area contributed by atoms with Crippen LogP contribution in [0.1, 0.15) is 44.9 Å². The van der Waals surface area contributed by atoms with E-state index >= 15 is 0 Å². The number of fused-ring (bicyclic) bond motifs is 1. The fourth-order valence-corrected chi connectivity index (χ4v) is 4.49. The second-order valence-corrected chi connectivity index (χ2v) is 7.97. The molecule has 130 valence electrons. The van der Waals surface area contributed by atoms with Crippen LogP contribution in [0, 0.1) is 11.3 Å². The summed E-state index contributed by atoms with van der Waals surface area (Å²) in [5.41, 5.74) is 0.0285. The SMILES string of the molecule is O=C(N1CCCC1)N1CC[C@@H]2OCCC[C@]2(COCC2CC2)C1. The van der Waals surface area contributed by atoms with Gasteiger partial charge < -0.3 is 19.3 Å². The highest BCUT2D eigenvalue weighted by Gasteiger charge is 2.48. The van der Waals surface area contributed by atoms with E-state index in [1.54, 1.807) is 0 Å². The molecule has 4 fully saturated rings. The zero-order chi connectivity index (χ0) is 15.7. The van der Waals surface area contributed by atoms with Crippen LogP contribution in [0.5, 0.6) is 0 Å². The normalized spacial score (nSPS) is 34.5. The van der Waals surface area contributed by atoms with Crippen molar-refractivity contribution in [1.82, 2.24) is 9.80 Å². The molecule has 0 aromatic carbocycles. The highest BCUT2D eigenvalue weighted by atomic mass is 16.5. The number of nitrogens with zero attached hydrogens (tertiary/aromatic N) is 2. The summed E-state index contributed by atoms with van der Waals surface area (Å²) in [4.78, 5) is 16.9. The lowest BCUT2D eigenvalue weighted by molar-refractivity contribution is -0.147. The molecule has 1 saturated carbocycles. The fraction of sp³-hybridized carbons (Fsp3) is 0.944. The fourth-order valence-electron chi connectivity index (χ4n) is 4.49. The molecule has 0 unspecified atom stereocenters. The molecule has 23 heavy (non-hydrogen) atoms. The third-order valence-electron chi connectivity index (χ3n) is 6.08. The smallest absolute Gasteiger partial charge is 0.320 e. The second-order valence-electron chi connectivity index (χ2n) is 7.97.